The van der Waals surface area contributed by atoms with Crippen molar-refractivity contribution in [1.29, 1.82) is 5.26 Å². The highest BCUT2D eigenvalue weighted by Crippen LogP contribution is 2.35. The first-order valence-corrected chi connectivity index (χ1v) is 12.1. The van der Waals surface area contributed by atoms with Crippen molar-refractivity contribution in [3.8, 4) is 6.07 Å². The number of thiazole rings is 1. The van der Waals surface area contributed by atoms with Crippen LogP contribution in [0.5, 0.6) is 0 Å². The molecular formula is C20H21Cl2FN6O2S2. The number of hydrogen-bond acceptors (Lipinski definition) is 8. The van der Waals surface area contributed by atoms with Gasteiger partial charge in [0.1, 0.15) is 10.7 Å². The Kier molecular flexibility index (Phi) is 9.27. The summed E-state index contributed by atoms with van der Waals surface area (Å²) in [4.78, 5) is 5.18. The first-order chi connectivity index (χ1) is 15.2. The van der Waals surface area contributed by atoms with Gasteiger partial charge in [-0.2, -0.15) is 5.26 Å². The summed E-state index contributed by atoms with van der Waals surface area (Å²) < 4.78 is 42.1. The van der Waals surface area contributed by atoms with Gasteiger partial charge in [0.15, 0.2) is 5.82 Å². The molecule has 0 atom stereocenters. The van der Waals surface area contributed by atoms with Crippen molar-refractivity contribution in [1.82, 2.24) is 10.3 Å². The van der Waals surface area contributed by atoms with E-state index in [2.05, 4.69) is 26.4 Å². The Labute approximate surface area is 206 Å². The van der Waals surface area contributed by atoms with Crippen LogP contribution in [0.25, 0.3) is 0 Å². The Bertz CT molecular complexity index is 1250. The van der Waals surface area contributed by atoms with Crippen LogP contribution in [0.1, 0.15) is 5.56 Å². The number of nitrogens with zero attached hydrogens (tertiary/aromatic N) is 3. The smallest absolute Gasteiger partial charge is 0.266 e. The van der Waals surface area contributed by atoms with Gasteiger partial charge >= 0.3 is 0 Å². The number of anilines is 4. The molecule has 3 N–H and O–H groups in total. The molecular weight excluding hydrogens is 510 g/mol. The summed E-state index contributed by atoms with van der Waals surface area (Å²) >= 11 is 7.50. The lowest BCUT2D eigenvalue weighted by atomic mass is 10.1. The minimum absolute atomic E-state index is 0. The number of nitrogens with one attached hydrogen (secondary N) is 3. The summed E-state index contributed by atoms with van der Waals surface area (Å²) in [6.45, 7) is 1.36. The number of benzene rings is 2. The maximum Gasteiger partial charge on any atom is 0.266 e. The van der Waals surface area contributed by atoms with Gasteiger partial charge in [-0.1, -0.05) is 11.6 Å². The number of halogens is 3. The lowest BCUT2D eigenvalue weighted by Crippen LogP contribution is -2.27. The van der Waals surface area contributed by atoms with Crippen molar-refractivity contribution in [3.05, 3.63) is 57.6 Å². The van der Waals surface area contributed by atoms with E-state index >= 15 is 0 Å². The highest BCUT2D eigenvalue weighted by atomic mass is 35.5. The van der Waals surface area contributed by atoms with Crippen molar-refractivity contribution in [3.63, 3.8) is 0 Å². The Morgan fingerprint density at radius 2 is 2.03 bits per heavy atom. The number of nitriles is 1. The molecule has 0 saturated heterocycles. The largest absolute Gasteiger partial charge is 0.372 e. The molecule has 0 amide bonds. The van der Waals surface area contributed by atoms with Crippen molar-refractivity contribution in [2.24, 2.45) is 0 Å². The first-order valence-electron chi connectivity index (χ1n) is 9.32. The van der Waals surface area contributed by atoms with E-state index in [9.17, 15) is 18.1 Å². The van der Waals surface area contributed by atoms with Gasteiger partial charge < -0.3 is 15.5 Å². The molecule has 0 radical (unpaired) electrons. The van der Waals surface area contributed by atoms with E-state index in [-0.39, 0.29) is 28.9 Å². The maximum atomic E-state index is 14.8. The fourth-order valence-corrected chi connectivity index (χ4v) is 4.77. The molecule has 2 aromatic carbocycles. The second-order valence-electron chi connectivity index (χ2n) is 6.74. The topological polar surface area (TPSA) is 110 Å². The molecule has 0 bridgehead atoms. The van der Waals surface area contributed by atoms with E-state index < -0.39 is 20.7 Å². The molecule has 0 aliphatic carbocycles. The second-order valence-corrected chi connectivity index (χ2v) is 9.51. The van der Waals surface area contributed by atoms with Crippen molar-refractivity contribution in [2.75, 3.05) is 42.1 Å². The number of rotatable bonds is 9. The minimum Gasteiger partial charge on any atom is -0.372 e. The molecule has 1 aromatic heterocycles. The average Bonchev–Trinajstić information content (AvgIpc) is 3.26. The lowest BCUT2D eigenvalue weighted by Gasteiger charge is -2.23. The first kappa shape index (κ1) is 26.6. The molecule has 0 saturated carbocycles. The third kappa shape index (κ3) is 6.46. The predicted octanol–water partition coefficient (Wildman–Crippen LogP) is 4.43. The van der Waals surface area contributed by atoms with Gasteiger partial charge in [-0.05, 0) is 31.3 Å². The molecule has 33 heavy (non-hydrogen) atoms. The summed E-state index contributed by atoms with van der Waals surface area (Å²) in [5, 5.41) is 16.8. The van der Waals surface area contributed by atoms with Gasteiger partial charge in [-0.25, -0.2) is 17.8 Å². The quantitative estimate of drug-likeness (QED) is 0.375. The van der Waals surface area contributed by atoms with Crippen LogP contribution in [-0.4, -0.2) is 40.6 Å². The standard InChI is InChI=1S/C20H20ClFN6O2S2.ClH/c1-24-5-6-28(2)18-7-13(10-23)3-4-16(18)26-17-9-15(22)19(8-14(17)21)32(29,30)27-20-11-31-12-25-20;/h3-4,7-9,11-12,24,26-27H,5-6H2,1-2H3;1H. The van der Waals surface area contributed by atoms with E-state index in [1.165, 1.54) is 22.2 Å². The zero-order valence-corrected chi connectivity index (χ0v) is 20.8. The SMILES string of the molecule is CNCCN(C)c1cc(C#N)ccc1Nc1cc(F)c(S(=O)(=O)Nc2cscn2)cc1Cl.Cl. The Hall–Kier alpha value is -2.62. The molecule has 3 aromatic rings. The number of sulfonamides is 1. The zero-order chi connectivity index (χ0) is 23.3. The molecule has 13 heteroatoms. The second kappa shape index (κ2) is 11.5. The Balaban J connectivity index is 0.00000385. The van der Waals surface area contributed by atoms with Gasteiger partial charge in [0.2, 0.25) is 0 Å². The zero-order valence-electron chi connectivity index (χ0n) is 17.6. The summed E-state index contributed by atoms with van der Waals surface area (Å²) in [5.41, 5.74) is 3.40. The summed E-state index contributed by atoms with van der Waals surface area (Å²) in [7, 11) is -0.516. The summed E-state index contributed by atoms with van der Waals surface area (Å²) in [5.74, 6) is -0.877. The van der Waals surface area contributed by atoms with Gasteiger partial charge in [0, 0.05) is 31.6 Å². The highest BCUT2D eigenvalue weighted by molar-refractivity contribution is 7.92. The molecule has 0 spiro atoms. The van der Waals surface area contributed by atoms with Crippen LogP contribution in [-0.2, 0) is 10.0 Å². The molecule has 3 rings (SSSR count). The van der Waals surface area contributed by atoms with Gasteiger partial charge in [0.05, 0.1) is 39.2 Å². The van der Waals surface area contributed by atoms with E-state index in [0.29, 0.717) is 30.0 Å². The molecule has 0 fully saturated rings. The van der Waals surface area contributed by atoms with Crippen molar-refractivity contribution in [2.45, 2.75) is 4.90 Å². The van der Waals surface area contributed by atoms with Crippen LogP contribution in [0.2, 0.25) is 5.02 Å². The van der Waals surface area contributed by atoms with E-state index in [0.717, 1.165) is 12.1 Å². The fraction of sp³-hybridized carbons (Fsp3) is 0.200. The third-order valence-corrected chi connectivity index (χ3v) is 6.76. The monoisotopic (exact) mass is 530 g/mol. The molecule has 0 aliphatic rings. The minimum atomic E-state index is -4.21. The number of likely N-dealkylation sites (N-methyl/N-ethyl adjacent to an activating group) is 2. The molecule has 8 nitrogen and oxygen atoms in total. The van der Waals surface area contributed by atoms with Crippen LogP contribution >= 0.6 is 35.3 Å². The maximum absolute atomic E-state index is 14.8. The van der Waals surface area contributed by atoms with Gasteiger partial charge in [0.25, 0.3) is 10.0 Å². The van der Waals surface area contributed by atoms with E-state index in [1.807, 2.05) is 19.0 Å². The molecule has 0 aliphatic heterocycles. The number of aromatic nitrogens is 1. The molecule has 0 unspecified atom stereocenters. The van der Waals surface area contributed by atoms with Crippen molar-refractivity contribution < 1.29 is 12.8 Å². The Morgan fingerprint density at radius 3 is 2.67 bits per heavy atom. The van der Waals surface area contributed by atoms with Crippen LogP contribution in [0, 0.1) is 17.1 Å². The van der Waals surface area contributed by atoms with Crippen LogP contribution in [0.3, 0.4) is 0 Å². The van der Waals surface area contributed by atoms with E-state index in [4.69, 9.17) is 11.6 Å². The third-order valence-electron chi connectivity index (χ3n) is 4.49. The highest BCUT2D eigenvalue weighted by Gasteiger charge is 2.23. The predicted molar refractivity (Wildman–Crippen MR) is 133 cm³/mol. The molecule has 1 heterocycles. The van der Waals surface area contributed by atoms with Gasteiger partial charge in [-0.3, -0.25) is 4.72 Å². The summed E-state index contributed by atoms with van der Waals surface area (Å²) in [6, 6.07) is 9.18. The van der Waals surface area contributed by atoms with Gasteiger partial charge in [-0.15, -0.1) is 23.7 Å². The summed E-state index contributed by atoms with van der Waals surface area (Å²) in [6.07, 6.45) is 0. The lowest BCUT2D eigenvalue weighted by molar-refractivity contribution is 0.570. The Morgan fingerprint density at radius 1 is 1.27 bits per heavy atom. The van der Waals surface area contributed by atoms with Crippen LogP contribution in [0.15, 0.2) is 46.1 Å². The normalized spacial score (nSPS) is 10.8. The molecule has 176 valence electrons. The van der Waals surface area contributed by atoms with Crippen molar-refractivity contribution >= 4 is 68.2 Å². The van der Waals surface area contributed by atoms with E-state index in [1.54, 1.807) is 18.2 Å². The fourth-order valence-electron chi connectivity index (χ4n) is 2.85. The number of hydrogen-bond donors (Lipinski definition) is 3. The van der Waals surface area contributed by atoms with Crippen LogP contribution in [0.4, 0.5) is 27.3 Å². The average molecular weight is 531 g/mol. The van der Waals surface area contributed by atoms with Crippen LogP contribution < -0.4 is 20.3 Å².